The summed E-state index contributed by atoms with van der Waals surface area (Å²) in [6.07, 6.45) is 5.33. The molecule has 35 heavy (non-hydrogen) atoms. The molecule has 5 rings (SSSR count). The normalized spacial score (nSPS) is 18.3. The topological polar surface area (TPSA) is 120 Å². The Hall–Kier alpha value is -3.79. The monoisotopic (exact) mass is 477 g/mol. The number of hydrogen-bond acceptors (Lipinski definition) is 7. The van der Waals surface area contributed by atoms with E-state index in [4.69, 9.17) is 10.5 Å². The van der Waals surface area contributed by atoms with Gasteiger partial charge in [0.05, 0.1) is 11.1 Å². The van der Waals surface area contributed by atoms with Crippen LogP contribution < -0.4 is 21.1 Å². The number of nitrogens with zero attached hydrogens (tertiary/aromatic N) is 4. The van der Waals surface area contributed by atoms with Gasteiger partial charge < -0.3 is 21.1 Å². The van der Waals surface area contributed by atoms with Crippen LogP contribution in [0.4, 0.5) is 15.8 Å². The van der Waals surface area contributed by atoms with Crippen LogP contribution in [0.1, 0.15) is 37.0 Å². The van der Waals surface area contributed by atoms with Crippen LogP contribution in [0.2, 0.25) is 0 Å². The minimum atomic E-state index is -0.508. The molecular weight excluding hydrogens is 449 g/mol. The predicted molar refractivity (Wildman–Crippen MR) is 133 cm³/mol. The number of rotatable bonds is 7. The summed E-state index contributed by atoms with van der Waals surface area (Å²) < 4.78 is 22.0. The molecule has 2 aromatic heterocycles. The molecule has 0 saturated heterocycles. The number of carbonyl (C=O) groups excluding carboxylic acids is 1. The summed E-state index contributed by atoms with van der Waals surface area (Å²) in [5.74, 6) is -0.307. The van der Waals surface area contributed by atoms with Crippen molar-refractivity contribution >= 4 is 39.1 Å². The number of halogens is 1. The fourth-order valence-electron chi connectivity index (χ4n) is 4.33. The van der Waals surface area contributed by atoms with Crippen molar-refractivity contribution in [3.63, 3.8) is 0 Å². The molecule has 0 spiro atoms. The molecule has 1 amide bonds. The molecule has 182 valence electrons. The Balaban J connectivity index is 1.49. The lowest BCUT2D eigenvalue weighted by atomic mass is 9.84. The van der Waals surface area contributed by atoms with E-state index in [-0.39, 0.29) is 23.7 Å². The van der Waals surface area contributed by atoms with E-state index in [1.165, 1.54) is 10.7 Å². The minimum absolute atomic E-state index is 0.0607. The molecule has 1 aliphatic rings. The molecular formula is C25H28FN7O2. The van der Waals surface area contributed by atoms with Gasteiger partial charge in [-0.3, -0.25) is 9.48 Å². The van der Waals surface area contributed by atoms with Gasteiger partial charge in [0.1, 0.15) is 11.6 Å². The van der Waals surface area contributed by atoms with E-state index in [9.17, 15) is 9.18 Å². The maximum Gasteiger partial charge on any atom is 0.317 e. The van der Waals surface area contributed by atoms with E-state index in [0.717, 1.165) is 18.5 Å². The van der Waals surface area contributed by atoms with Gasteiger partial charge in [-0.1, -0.05) is 6.92 Å². The van der Waals surface area contributed by atoms with Gasteiger partial charge in [-0.05, 0) is 49.9 Å². The fraction of sp³-hybridized carbons (Fsp3) is 0.360. The number of amides is 1. The Morgan fingerprint density at radius 3 is 2.86 bits per heavy atom. The molecule has 0 radical (unpaired) electrons. The molecule has 1 atom stereocenters. The van der Waals surface area contributed by atoms with Gasteiger partial charge in [-0.15, -0.1) is 0 Å². The lowest BCUT2D eigenvalue weighted by molar-refractivity contribution is 0.0652. The van der Waals surface area contributed by atoms with Crippen LogP contribution in [-0.2, 0) is 7.05 Å². The van der Waals surface area contributed by atoms with Gasteiger partial charge in [-0.2, -0.15) is 10.1 Å². The number of fused-ring (bicyclic) bond motifs is 2. The number of nitrogens with one attached hydrogen (secondary N) is 2. The molecule has 9 nitrogen and oxygen atoms in total. The van der Waals surface area contributed by atoms with Gasteiger partial charge in [0.25, 0.3) is 5.91 Å². The standard InChI is InChI=1S/C25H28FN7O2/c1-13-6-17(7-13)35-25-29-11-19-21(28-10-14(2)27)5-4-18(23(19)31-25)24(34)30-16-8-15-12-33(3)32-22(15)20(26)9-16/h4-5,8-9,11-14,17,28H,6-7,10,27H2,1-3H3,(H,30,34)/t13?,14-,17?/m1/s1. The van der Waals surface area contributed by atoms with E-state index in [1.54, 1.807) is 37.6 Å². The Kier molecular flexibility index (Phi) is 5.98. The van der Waals surface area contributed by atoms with Gasteiger partial charge >= 0.3 is 6.01 Å². The number of anilines is 2. The average molecular weight is 478 g/mol. The maximum absolute atomic E-state index is 14.5. The van der Waals surface area contributed by atoms with Crippen LogP contribution in [0, 0.1) is 11.7 Å². The van der Waals surface area contributed by atoms with E-state index in [0.29, 0.717) is 40.0 Å². The van der Waals surface area contributed by atoms with Crippen molar-refractivity contribution in [3.8, 4) is 6.01 Å². The lowest BCUT2D eigenvalue weighted by Crippen LogP contribution is -2.32. The summed E-state index contributed by atoms with van der Waals surface area (Å²) in [5.41, 5.74) is 8.01. The molecule has 0 aliphatic heterocycles. The van der Waals surface area contributed by atoms with Crippen LogP contribution in [0.15, 0.2) is 36.7 Å². The summed E-state index contributed by atoms with van der Waals surface area (Å²) in [5, 5.41) is 11.4. The summed E-state index contributed by atoms with van der Waals surface area (Å²) in [4.78, 5) is 22.3. The predicted octanol–water partition coefficient (Wildman–Crippen LogP) is 3.84. The van der Waals surface area contributed by atoms with Crippen LogP contribution >= 0.6 is 0 Å². The molecule has 1 fully saturated rings. The zero-order valence-electron chi connectivity index (χ0n) is 19.9. The smallest absolute Gasteiger partial charge is 0.317 e. The Morgan fingerprint density at radius 1 is 1.31 bits per heavy atom. The lowest BCUT2D eigenvalue weighted by Gasteiger charge is -2.31. The average Bonchev–Trinajstić information content (AvgIpc) is 3.16. The Labute approximate surface area is 201 Å². The van der Waals surface area contributed by atoms with Gasteiger partial charge in [0.15, 0.2) is 5.82 Å². The number of aromatic nitrogens is 4. The Bertz CT molecular complexity index is 1410. The zero-order chi connectivity index (χ0) is 24.7. The van der Waals surface area contributed by atoms with Crippen LogP contribution in [0.3, 0.4) is 0 Å². The van der Waals surface area contributed by atoms with Crippen LogP contribution in [0.25, 0.3) is 21.8 Å². The second-order valence-corrected chi connectivity index (χ2v) is 9.40. The first-order chi connectivity index (χ1) is 16.8. The highest BCUT2D eigenvalue weighted by atomic mass is 19.1. The molecule has 10 heteroatoms. The second kappa shape index (κ2) is 9.10. The number of aryl methyl sites for hydroxylation is 1. The molecule has 4 aromatic rings. The molecule has 0 bridgehead atoms. The molecule has 0 unspecified atom stereocenters. The summed E-state index contributed by atoms with van der Waals surface area (Å²) in [6.45, 7) is 4.62. The third-order valence-electron chi connectivity index (χ3n) is 6.12. The minimum Gasteiger partial charge on any atom is -0.460 e. The quantitative estimate of drug-likeness (QED) is 0.370. The van der Waals surface area contributed by atoms with Crippen molar-refractivity contribution in [2.75, 3.05) is 17.2 Å². The molecule has 2 heterocycles. The Morgan fingerprint density at radius 2 is 2.11 bits per heavy atom. The summed E-state index contributed by atoms with van der Waals surface area (Å²) in [6, 6.07) is 6.59. The maximum atomic E-state index is 14.5. The van der Waals surface area contributed by atoms with Crippen molar-refractivity contribution in [2.45, 2.75) is 38.8 Å². The second-order valence-electron chi connectivity index (χ2n) is 9.40. The third kappa shape index (κ3) is 4.74. The number of carbonyl (C=O) groups is 1. The van der Waals surface area contributed by atoms with Crippen LogP contribution in [-0.4, -0.2) is 44.3 Å². The molecule has 2 aromatic carbocycles. The first kappa shape index (κ1) is 23.0. The van der Waals surface area contributed by atoms with Crippen molar-refractivity contribution in [3.05, 3.63) is 48.0 Å². The summed E-state index contributed by atoms with van der Waals surface area (Å²) >= 11 is 0. The first-order valence-corrected chi connectivity index (χ1v) is 11.7. The number of nitrogens with two attached hydrogens (primary N) is 1. The first-order valence-electron chi connectivity index (χ1n) is 11.7. The molecule has 1 saturated carbocycles. The van der Waals surface area contributed by atoms with E-state index >= 15 is 0 Å². The van der Waals surface area contributed by atoms with E-state index in [1.807, 2.05) is 6.92 Å². The molecule has 1 aliphatic carbocycles. The highest BCUT2D eigenvalue weighted by molar-refractivity contribution is 6.14. The number of hydrogen-bond donors (Lipinski definition) is 3. The number of benzene rings is 2. The fourth-order valence-corrected chi connectivity index (χ4v) is 4.33. The molecule has 4 N–H and O–H groups in total. The highest BCUT2D eigenvalue weighted by Gasteiger charge is 2.28. The third-order valence-corrected chi connectivity index (χ3v) is 6.12. The largest absolute Gasteiger partial charge is 0.460 e. The van der Waals surface area contributed by atoms with Gasteiger partial charge in [0, 0.05) is 54.2 Å². The van der Waals surface area contributed by atoms with E-state index < -0.39 is 11.7 Å². The SMILES string of the molecule is CC1CC(Oc2ncc3c(NC[C@@H](C)N)ccc(C(=O)Nc4cc(F)c5nn(C)cc5c4)c3n2)C1. The summed E-state index contributed by atoms with van der Waals surface area (Å²) in [7, 11) is 1.72. The van der Waals surface area contributed by atoms with Crippen molar-refractivity contribution in [2.24, 2.45) is 18.7 Å². The van der Waals surface area contributed by atoms with Crippen LogP contribution in [0.5, 0.6) is 6.01 Å². The van der Waals surface area contributed by atoms with Crippen molar-refractivity contribution in [1.29, 1.82) is 0 Å². The van der Waals surface area contributed by atoms with Crippen molar-refractivity contribution in [1.82, 2.24) is 19.7 Å². The van der Waals surface area contributed by atoms with E-state index in [2.05, 4.69) is 32.6 Å². The van der Waals surface area contributed by atoms with Gasteiger partial charge in [0.2, 0.25) is 0 Å². The zero-order valence-corrected chi connectivity index (χ0v) is 19.9. The van der Waals surface area contributed by atoms with Gasteiger partial charge in [-0.25, -0.2) is 9.37 Å². The number of ether oxygens (including phenoxy) is 1. The highest BCUT2D eigenvalue weighted by Crippen LogP contribution is 2.32. The van der Waals surface area contributed by atoms with Crippen molar-refractivity contribution < 1.29 is 13.9 Å².